The molecule has 1 aliphatic carbocycles. The summed E-state index contributed by atoms with van der Waals surface area (Å²) in [5.74, 6) is 0. The summed E-state index contributed by atoms with van der Waals surface area (Å²) in [6.45, 7) is 5.25. The second kappa shape index (κ2) is 2.21. The van der Waals surface area contributed by atoms with Gasteiger partial charge in [-0.05, 0) is 32.2 Å². The van der Waals surface area contributed by atoms with E-state index >= 15 is 0 Å². The van der Waals surface area contributed by atoms with Gasteiger partial charge in [-0.2, -0.15) is 0 Å². The molecule has 1 aliphatic rings. The predicted octanol–water partition coefficient (Wildman–Crippen LogP) is 0.723. The van der Waals surface area contributed by atoms with E-state index in [1.165, 1.54) is 12.8 Å². The molecule has 0 bridgehead atoms. The smallest absolute Gasteiger partial charge is 0.0327 e. The van der Waals surface area contributed by atoms with Crippen molar-refractivity contribution in [2.24, 2.45) is 11.1 Å². The third kappa shape index (κ3) is 0.956. The summed E-state index contributed by atoms with van der Waals surface area (Å²) < 4.78 is 0. The minimum Gasteiger partial charge on any atom is -0.329 e. The summed E-state index contributed by atoms with van der Waals surface area (Å²) in [7, 11) is 2.00. The lowest BCUT2D eigenvalue weighted by molar-refractivity contribution is 0.249. The van der Waals surface area contributed by atoms with Gasteiger partial charge in [-0.15, -0.1) is 0 Å². The Morgan fingerprint density at radius 3 is 2.20 bits per heavy atom. The SMILES string of the molecule is CNC(C)(CN)C1(C)CC1. The molecule has 0 saturated heterocycles. The van der Waals surface area contributed by atoms with Crippen LogP contribution in [-0.4, -0.2) is 19.1 Å². The summed E-state index contributed by atoms with van der Waals surface area (Å²) in [6, 6.07) is 0. The van der Waals surface area contributed by atoms with Gasteiger partial charge in [-0.1, -0.05) is 6.92 Å². The van der Waals surface area contributed by atoms with Crippen LogP contribution in [0.3, 0.4) is 0 Å². The van der Waals surface area contributed by atoms with E-state index in [0.29, 0.717) is 5.41 Å². The maximum Gasteiger partial charge on any atom is 0.0327 e. The van der Waals surface area contributed by atoms with Crippen LogP contribution < -0.4 is 11.1 Å². The quantitative estimate of drug-likeness (QED) is 0.609. The summed E-state index contributed by atoms with van der Waals surface area (Å²) in [5, 5.41) is 3.31. The van der Waals surface area contributed by atoms with Gasteiger partial charge in [0.25, 0.3) is 0 Å². The summed E-state index contributed by atoms with van der Waals surface area (Å²) in [5.41, 5.74) is 6.31. The molecular formula is C8H18N2. The zero-order valence-electron chi connectivity index (χ0n) is 7.20. The fraction of sp³-hybridized carbons (Fsp3) is 1.00. The molecule has 0 aliphatic heterocycles. The molecule has 60 valence electrons. The minimum absolute atomic E-state index is 0.160. The molecule has 1 rings (SSSR count). The van der Waals surface area contributed by atoms with Crippen molar-refractivity contribution in [1.29, 1.82) is 0 Å². The van der Waals surface area contributed by atoms with E-state index in [-0.39, 0.29) is 5.54 Å². The van der Waals surface area contributed by atoms with E-state index in [1.807, 2.05) is 7.05 Å². The molecule has 1 fully saturated rings. The van der Waals surface area contributed by atoms with Gasteiger partial charge in [-0.25, -0.2) is 0 Å². The van der Waals surface area contributed by atoms with Crippen LogP contribution in [0.4, 0.5) is 0 Å². The van der Waals surface area contributed by atoms with Gasteiger partial charge in [0, 0.05) is 12.1 Å². The lowest BCUT2D eigenvalue weighted by Gasteiger charge is -2.34. The van der Waals surface area contributed by atoms with Crippen molar-refractivity contribution < 1.29 is 0 Å². The molecule has 10 heavy (non-hydrogen) atoms. The average molecular weight is 142 g/mol. The van der Waals surface area contributed by atoms with E-state index in [0.717, 1.165) is 6.54 Å². The van der Waals surface area contributed by atoms with Crippen molar-refractivity contribution in [2.45, 2.75) is 32.2 Å². The zero-order valence-corrected chi connectivity index (χ0v) is 7.20. The molecule has 1 atom stereocenters. The lowest BCUT2D eigenvalue weighted by atomic mass is 9.84. The molecule has 3 N–H and O–H groups in total. The van der Waals surface area contributed by atoms with Crippen molar-refractivity contribution >= 4 is 0 Å². The number of nitrogens with one attached hydrogen (secondary N) is 1. The molecule has 2 nitrogen and oxygen atoms in total. The Hall–Kier alpha value is -0.0800. The Bertz CT molecular complexity index is 123. The molecule has 0 aromatic heterocycles. The van der Waals surface area contributed by atoms with E-state index in [2.05, 4.69) is 19.2 Å². The molecule has 1 saturated carbocycles. The molecule has 0 heterocycles. The number of nitrogens with two attached hydrogens (primary N) is 1. The molecule has 0 radical (unpaired) electrons. The molecule has 0 aromatic rings. The van der Waals surface area contributed by atoms with Crippen LogP contribution in [0.2, 0.25) is 0 Å². The first-order valence-electron chi connectivity index (χ1n) is 3.97. The van der Waals surface area contributed by atoms with Crippen molar-refractivity contribution in [3.63, 3.8) is 0 Å². The molecule has 2 heteroatoms. The van der Waals surface area contributed by atoms with Gasteiger partial charge in [0.2, 0.25) is 0 Å². The fourth-order valence-corrected chi connectivity index (χ4v) is 1.39. The van der Waals surface area contributed by atoms with E-state index in [4.69, 9.17) is 5.73 Å². The van der Waals surface area contributed by atoms with Gasteiger partial charge >= 0.3 is 0 Å². The van der Waals surface area contributed by atoms with Gasteiger partial charge in [-0.3, -0.25) is 0 Å². The van der Waals surface area contributed by atoms with Crippen LogP contribution in [-0.2, 0) is 0 Å². The average Bonchev–Trinajstić information content (AvgIpc) is 2.68. The summed E-state index contributed by atoms with van der Waals surface area (Å²) in [6.07, 6.45) is 2.64. The van der Waals surface area contributed by atoms with Gasteiger partial charge in [0.15, 0.2) is 0 Å². The first kappa shape index (κ1) is 8.02. The highest BCUT2D eigenvalue weighted by atomic mass is 15.0. The largest absolute Gasteiger partial charge is 0.329 e. The maximum absolute atomic E-state index is 5.68. The van der Waals surface area contributed by atoms with Crippen LogP contribution in [0, 0.1) is 5.41 Å². The molecule has 0 spiro atoms. The van der Waals surface area contributed by atoms with Crippen molar-refractivity contribution in [3.8, 4) is 0 Å². The summed E-state index contributed by atoms with van der Waals surface area (Å²) >= 11 is 0. The van der Waals surface area contributed by atoms with Gasteiger partial charge in [0.05, 0.1) is 0 Å². The molecule has 0 aromatic carbocycles. The molecular weight excluding hydrogens is 124 g/mol. The summed E-state index contributed by atoms with van der Waals surface area (Å²) in [4.78, 5) is 0. The Morgan fingerprint density at radius 1 is 1.60 bits per heavy atom. The van der Waals surface area contributed by atoms with Gasteiger partial charge < -0.3 is 11.1 Å². The van der Waals surface area contributed by atoms with E-state index < -0.39 is 0 Å². The second-order valence-electron chi connectivity index (χ2n) is 3.85. The number of hydrogen-bond donors (Lipinski definition) is 2. The van der Waals surface area contributed by atoms with E-state index in [1.54, 1.807) is 0 Å². The highest BCUT2D eigenvalue weighted by molar-refractivity contribution is 5.07. The highest BCUT2D eigenvalue weighted by Gasteiger charge is 2.51. The van der Waals surface area contributed by atoms with Crippen molar-refractivity contribution in [2.75, 3.05) is 13.6 Å². The zero-order chi connectivity index (χ0) is 7.83. The van der Waals surface area contributed by atoms with Crippen LogP contribution >= 0.6 is 0 Å². The third-order valence-electron chi connectivity index (χ3n) is 3.29. The van der Waals surface area contributed by atoms with E-state index in [9.17, 15) is 0 Å². The second-order valence-corrected chi connectivity index (χ2v) is 3.85. The Kier molecular flexibility index (Phi) is 1.77. The molecule has 1 unspecified atom stereocenters. The first-order chi connectivity index (χ1) is 4.58. The normalized spacial score (nSPS) is 27.6. The topological polar surface area (TPSA) is 38.0 Å². The van der Waals surface area contributed by atoms with Crippen molar-refractivity contribution in [3.05, 3.63) is 0 Å². The number of likely N-dealkylation sites (N-methyl/N-ethyl adjacent to an activating group) is 1. The van der Waals surface area contributed by atoms with Crippen molar-refractivity contribution in [1.82, 2.24) is 5.32 Å². The molecule has 0 amide bonds. The third-order valence-corrected chi connectivity index (χ3v) is 3.29. The van der Waals surface area contributed by atoms with Crippen LogP contribution in [0.1, 0.15) is 26.7 Å². The highest BCUT2D eigenvalue weighted by Crippen LogP contribution is 2.52. The maximum atomic E-state index is 5.68. The standard InChI is InChI=1S/C8H18N2/c1-7(4-5-7)8(2,6-9)10-3/h10H,4-6,9H2,1-3H3. The Balaban J connectivity index is 2.63. The van der Waals surface area contributed by atoms with Crippen LogP contribution in [0.5, 0.6) is 0 Å². The monoisotopic (exact) mass is 142 g/mol. The minimum atomic E-state index is 0.160. The first-order valence-corrected chi connectivity index (χ1v) is 3.97. The lowest BCUT2D eigenvalue weighted by Crippen LogP contribution is -2.52. The Labute approximate surface area is 63.2 Å². The number of hydrogen-bond acceptors (Lipinski definition) is 2. The van der Waals surface area contributed by atoms with Crippen LogP contribution in [0.15, 0.2) is 0 Å². The fourth-order valence-electron chi connectivity index (χ4n) is 1.39. The van der Waals surface area contributed by atoms with Gasteiger partial charge in [0.1, 0.15) is 0 Å². The number of rotatable bonds is 3. The predicted molar refractivity (Wildman–Crippen MR) is 43.9 cm³/mol. The van der Waals surface area contributed by atoms with Crippen LogP contribution in [0.25, 0.3) is 0 Å². The Morgan fingerprint density at radius 2 is 2.10 bits per heavy atom.